The monoisotopic (exact) mass is 261 g/mol. The van der Waals surface area contributed by atoms with Crippen molar-refractivity contribution in [2.75, 3.05) is 0 Å². The molecule has 0 saturated carbocycles. The van der Waals surface area contributed by atoms with Crippen molar-refractivity contribution in [1.82, 2.24) is 0 Å². The Kier molecular flexibility index (Phi) is 3.56. The third kappa shape index (κ3) is 2.22. The average molecular weight is 261 g/mol. The number of ketones is 1. The SMILES string of the molecule is CC1(C)C2=CC(=O)C=CC2=Nc2ccc([O-])cc21.[Na+]. The van der Waals surface area contributed by atoms with E-state index in [9.17, 15) is 9.90 Å². The summed E-state index contributed by atoms with van der Waals surface area (Å²) >= 11 is 0. The first kappa shape index (κ1) is 14.3. The van der Waals surface area contributed by atoms with Gasteiger partial charge in [0, 0.05) is 5.41 Å². The zero-order chi connectivity index (χ0) is 12.9. The van der Waals surface area contributed by atoms with Gasteiger partial charge in [0.2, 0.25) is 0 Å². The van der Waals surface area contributed by atoms with Crippen molar-refractivity contribution < 1.29 is 39.5 Å². The van der Waals surface area contributed by atoms with Gasteiger partial charge >= 0.3 is 29.6 Å². The van der Waals surface area contributed by atoms with Gasteiger partial charge in [-0.3, -0.25) is 4.79 Å². The molecular formula is C15H12NNaO2. The molecule has 0 amide bonds. The van der Waals surface area contributed by atoms with Crippen LogP contribution in [0, 0.1) is 0 Å². The summed E-state index contributed by atoms with van der Waals surface area (Å²) < 4.78 is 0. The van der Waals surface area contributed by atoms with Crippen molar-refractivity contribution in [3.05, 3.63) is 47.6 Å². The number of hydrogen-bond donors (Lipinski definition) is 0. The number of carbonyl (C=O) groups is 1. The third-order valence-electron chi connectivity index (χ3n) is 3.52. The zero-order valence-corrected chi connectivity index (χ0v) is 13.2. The van der Waals surface area contributed by atoms with Crippen molar-refractivity contribution in [2.24, 2.45) is 4.99 Å². The largest absolute Gasteiger partial charge is 1.00 e. The van der Waals surface area contributed by atoms with Crippen molar-refractivity contribution >= 4 is 17.2 Å². The van der Waals surface area contributed by atoms with Crippen LogP contribution in [0.3, 0.4) is 0 Å². The Bertz CT molecular complexity index is 654. The molecule has 0 spiro atoms. The molecule has 19 heavy (non-hydrogen) atoms. The van der Waals surface area contributed by atoms with Gasteiger partial charge in [-0.05, 0) is 35.4 Å². The summed E-state index contributed by atoms with van der Waals surface area (Å²) in [4.78, 5) is 16.0. The van der Waals surface area contributed by atoms with Gasteiger partial charge in [-0.25, -0.2) is 4.99 Å². The molecule has 90 valence electrons. The summed E-state index contributed by atoms with van der Waals surface area (Å²) in [5.74, 6) is -0.0579. The van der Waals surface area contributed by atoms with E-state index in [1.807, 2.05) is 13.8 Å². The first-order valence-corrected chi connectivity index (χ1v) is 5.83. The fourth-order valence-corrected chi connectivity index (χ4v) is 2.50. The topological polar surface area (TPSA) is 52.5 Å². The molecule has 1 aromatic rings. The summed E-state index contributed by atoms with van der Waals surface area (Å²) in [6, 6.07) is 4.87. The molecule has 0 saturated heterocycles. The Hall–Kier alpha value is -1.16. The number of rotatable bonds is 0. The summed E-state index contributed by atoms with van der Waals surface area (Å²) in [6.07, 6.45) is 4.87. The van der Waals surface area contributed by atoms with Gasteiger partial charge in [0.05, 0.1) is 11.4 Å². The molecule has 0 bridgehead atoms. The van der Waals surface area contributed by atoms with Crippen molar-refractivity contribution in [3.63, 3.8) is 0 Å². The number of fused-ring (bicyclic) bond motifs is 2. The standard InChI is InChI=1S/C15H13NO2.Na/c1-15(2)11-7-9(17)3-5-13(11)16-14-6-4-10(18)8-12(14)15;/h3-8,17H,1-2H3;/q;+1/p-1. The van der Waals surface area contributed by atoms with Gasteiger partial charge < -0.3 is 5.11 Å². The minimum atomic E-state index is -0.368. The van der Waals surface area contributed by atoms with Gasteiger partial charge in [0.25, 0.3) is 0 Å². The Morgan fingerprint density at radius 1 is 1.21 bits per heavy atom. The van der Waals surface area contributed by atoms with Crippen LogP contribution in [0.1, 0.15) is 19.4 Å². The number of nitrogens with zero attached hydrogens (tertiary/aromatic N) is 1. The predicted molar refractivity (Wildman–Crippen MR) is 68.2 cm³/mol. The first-order chi connectivity index (χ1) is 8.48. The summed E-state index contributed by atoms with van der Waals surface area (Å²) in [6.45, 7) is 4.02. The molecule has 1 aliphatic carbocycles. The molecule has 0 unspecified atom stereocenters. The van der Waals surface area contributed by atoms with Crippen LogP contribution in [0.4, 0.5) is 5.69 Å². The number of benzene rings is 1. The molecule has 3 rings (SSSR count). The maximum atomic E-state index is 11.5. The van der Waals surface area contributed by atoms with E-state index in [0.29, 0.717) is 0 Å². The van der Waals surface area contributed by atoms with E-state index >= 15 is 0 Å². The van der Waals surface area contributed by atoms with Crippen LogP contribution in [-0.2, 0) is 10.2 Å². The summed E-state index contributed by atoms with van der Waals surface area (Å²) in [5, 5.41) is 11.5. The van der Waals surface area contributed by atoms with E-state index in [4.69, 9.17) is 0 Å². The van der Waals surface area contributed by atoms with Crippen LogP contribution in [-0.4, -0.2) is 11.5 Å². The summed E-state index contributed by atoms with van der Waals surface area (Å²) in [5.41, 5.74) is 3.02. The first-order valence-electron chi connectivity index (χ1n) is 5.83. The zero-order valence-electron chi connectivity index (χ0n) is 11.2. The number of aliphatic imine (C=N–C) groups is 1. The predicted octanol–water partition coefficient (Wildman–Crippen LogP) is -0.807. The maximum Gasteiger partial charge on any atom is 1.00 e. The minimum Gasteiger partial charge on any atom is -0.872 e. The molecule has 0 fully saturated rings. The van der Waals surface area contributed by atoms with E-state index < -0.39 is 0 Å². The molecule has 3 nitrogen and oxygen atoms in total. The van der Waals surface area contributed by atoms with E-state index in [1.54, 1.807) is 24.3 Å². The molecule has 0 aromatic heterocycles. The molecular weight excluding hydrogens is 249 g/mol. The van der Waals surface area contributed by atoms with Crippen LogP contribution < -0.4 is 34.7 Å². The molecule has 1 heterocycles. The molecule has 2 aliphatic rings. The van der Waals surface area contributed by atoms with Gasteiger partial charge in [0.1, 0.15) is 0 Å². The quantitative estimate of drug-likeness (QED) is 0.453. The smallest absolute Gasteiger partial charge is 0.872 e. The molecule has 0 atom stereocenters. The van der Waals surface area contributed by atoms with Gasteiger partial charge in [-0.1, -0.05) is 26.0 Å². The molecule has 1 aromatic carbocycles. The second kappa shape index (κ2) is 4.75. The number of hydrogen-bond acceptors (Lipinski definition) is 3. The van der Waals surface area contributed by atoms with Crippen LogP contribution in [0.2, 0.25) is 0 Å². The Balaban J connectivity index is 0.00000133. The van der Waals surface area contributed by atoms with E-state index in [-0.39, 0.29) is 46.5 Å². The molecule has 0 radical (unpaired) electrons. The second-order valence-corrected chi connectivity index (χ2v) is 5.09. The fraction of sp³-hybridized carbons (Fsp3) is 0.200. The maximum absolute atomic E-state index is 11.5. The second-order valence-electron chi connectivity index (χ2n) is 5.09. The van der Waals surface area contributed by atoms with Crippen LogP contribution >= 0.6 is 0 Å². The van der Waals surface area contributed by atoms with Gasteiger partial charge in [-0.2, -0.15) is 0 Å². The van der Waals surface area contributed by atoms with E-state index in [1.165, 1.54) is 12.1 Å². The van der Waals surface area contributed by atoms with Crippen molar-refractivity contribution in [2.45, 2.75) is 19.3 Å². The molecule has 0 N–H and O–H groups in total. The minimum absolute atomic E-state index is 0. The Labute approximate surface area is 134 Å². The van der Waals surface area contributed by atoms with Crippen LogP contribution in [0.25, 0.3) is 0 Å². The van der Waals surface area contributed by atoms with Crippen LogP contribution in [0.5, 0.6) is 5.75 Å². The van der Waals surface area contributed by atoms with Crippen molar-refractivity contribution in [1.29, 1.82) is 0 Å². The Morgan fingerprint density at radius 3 is 2.68 bits per heavy atom. The van der Waals surface area contributed by atoms with Crippen LogP contribution in [0.15, 0.2) is 47.0 Å². The van der Waals surface area contributed by atoms with E-state index in [2.05, 4.69) is 4.99 Å². The molecule has 1 aliphatic heterocycles. The van der Waals surface area contributed by atoms with E-state index in [0.717, 1.165) is 22.5 Å². The Morgan fingerprint density at radius 2 is 1.95 bits per heavy atom. The third-order valence-corrected chi connectivity index (χ3v) is 3.52. The number of carbonyl (C=O) groups excluding carboxylic acids is 1. The fourth-order valence-electron chi connectivity index (χ4n) is 2.50. The average Bonchev–Trinajstić information content (AvgIpc) is 2.32. The van der Waals surface area contributed by atoms with Crippen molar-refractivity contribution in [3.8, 4) is 5.75 Å². The van der Waals surface area contributed by atoms with Gasteiger partial charge in [-0.15, -0.1) is 5.75 Å². The summed E-state index contributed by atoms with van der Waals surface area (Å²) in [7, 11) is 0. The van der Waals surface area contributed by atoms with Gasteiger partial charge in [0.15, 0.2) is 5.78 Å². The molecule has 4 heteroatoms. The number of allylic oxidation sites excluding steroid dienone is 4. The normalized spacial score (nSPS) is 18.7.